The zero-order valence-electron chi connectivity index (χ0n) is 8.81. The molecule has 0 fully saturated rings. The fraction of sp³-hybridized carbons (Fsp3) is 0.0909. The molecule has 2 rings (SSSR count). The highest BCUT2D eigenvalue weighted by atomic mass is 19.1. The molecular formula is C11H10FN3O2. The number of carbonyl (C=O) groups is 1. The summed E-state index contributed by atoms with van der Waals surface area (Å²) in [5.41, 5.74) is 5.72. The van der Waals surface area contributed by atoms with Crippen LogP contribution < -0.4 is 11.1 Å². The van der Waals surface area contributed by atoms with Gasteiger partial charge in [0.2, 0.25) is 0 Å². The number of hydrogen-bond acceptors (Lipinski definition) is 4. The topological polar surface area (TPSA) is 81.2 Å². The predicted octanol–water partition coefficient (Wildman–Crippen LogP) is 1.33. The van der Waals surface area contributed by atoms with Gasteiger partial charge in [-0.15, -0.1) is 0 Å². The molecule has 3 N–H and O–H groups in total. The number of halogens is 1. The molecule has 0 saturated heterocycles. The number of nitrogens with two attached hydrogens (primary N) is 1. The molecule has 1 amide bonds. The predicted molar refractivity (Wildman–Crippen MR) is 58.5 cm³/mol. The number of nitrogens with zero attached hydrogens (tertiary/aromatic N) is 1. The van der Waals surface area contributed by atoms with Crippen LogP contribution in [0, 0.1) is 5.82 Å². The molecule has 0 unspecified atom stereocenters. The third kappa shape index (κ3) is 2.60. The van der Waals surface area contributed by atoms with Crippen molar-refractivity contribution < 1.29 is 13.7 Å². The van der Waals surface area contributed by atoms with E-state index in [1.54, 1.807) is 6.07 Å². The van der Waals surface area contributed by atoms with Gasteiger partial charge in [0, 0.05) is 11.8 Å². The third-order valence-electron chi connectivity index (χ3n) is 2.15. The Balaban J connectivity index is 2.07. The van der Waals surface area contributed by atoms with E-state index in [-0.39, 0.29) is 12.1 Å². The first kappa shape index (κ1) is 11.1. The maximum atomic E-state index is 13.3. The zero-order chi connectivity index (χ0) is 12.3. The van der Waals surface area contributed by atoms with Crippen LogP contribution >= 0.6 is 0 Å². The number of nitrogen functional groups attached to an aromatic ring is 1. The fourth-order valence-electron chi connectivity index (χ4n) is 1.31. The monoisotopic (exact) mass is 235 g/mol. The minimum Gasteiger partial charge on any atom is -0.399 e. The van der Waals surface area contributed by atoms with Crippen LogP contribution in [0.3, 0.4) is 0 Å². The Labute approximate surface area is 96.4 Å². The Morgan fingerprint density at radius 2 is 2.29 bits per heavy atom. The van der Waals surface area contributed by atoms with Gasteiger partial charge < -0.3 is 15.6 Å². The van der Waals surface area contributed by atoms with Crippen molar-refractivity contribution in [1.82, 2.24) is 10.5 Å². The summed E-state index contributed by atoms with van der Waals surface area (Å²) in [6.07, 6.45) is 1.46. The second-order valence-corrected chi connectivity index (χ2v) is 3.40. The second-order valence-electron chi connectivity index (χ2n) is 3.40. The van der Waals surface area contributed by atoms with Crippen molar-refractivity contribution in [2.24, 2.45) is 0 Å². The van der Waals surface area contributed by atoms with Crippen LogP contribution in [0.25, 0.3) is 0 Å². The molecule has 88 valence electrons. The van der Waals surface area contributed by atoms with Gasteiger partial charge in [0.05, 0.1) is 18.3 Å². The van der Waals surface area contributed by atoms with Gasteiger partial charge in [0.15, 0.2) is 5.76 Å². The summed E-state index contributed by atoms with van der Waals surface area (Å²) < 4.78 is 18.1. The molecule has 17 heavy (non-hydrogen) atoms. The van der Waals surface area contributed by atoms with E-state index in [0.717, 1.165) is 6.07 Å². The second kappa shape index (κ2) is 4.65. The fourth-order valence-corrected chi connectivity index (χ4v) is 1.31. The molecular weight excluding hydrogens is 225 g/mol. The normalized spacial score (nSPS) is 10.2. The van der Waals surface area contributed by atoms with Gasteiger partial charge >= 0.3 is 0 Å². The lowest BCUT2D eigenvalue weighted by Crippen LogP contribution is -2.23. The Bertz CT molecular complexity index is 526. The smallest absolute Gasteiger partial charge is 0.254 e. The maximum absolute atomic E-state index is 13.3. The first-order chi connectivity index (χ1) is 8.16. The zero-order valence-corrected chi connectivity index (χ0v) is 8.81. The largest absolute Gasteiger partial charge is 0.399 e. The molecule has 0 saturated carbocycles. The van der Waals surface area contributed by atoms with Gasteiger partial charge in [0.1, 0.15) is 5.82 Å². The molecule has 0 aliphatic rings. The van der Waals surface area contributed by atoms with Gasteiger partial charge in [-0.2, -0.15) is 0 Å². The summed E-state index contributed by atoms with van der Waals surface area (Å²) in [6, 6.07) is 5.43. The van der Waals surface area contributed by atoms with Gasteiger partial charge in [0.25, 0.3) is 5.91 Å². The van der Waals surface area contributed by atoms with Gasteiger partial charge in [-0.05, 0) is 18.2 Å². The number of carbonyl (C=O) groups excluding carboxylic acids is 1. The lowest BCUT2D eigenvalue weighted by Gasteiger charge is -2.04. The van der Waals surface area contributed by atoms with E-state index in [0.29, 0.717) is 11.4 Å². The average molecular weight is 235 g/mol. The van der Waals surface area contributed by atoms with E-state index in [4.69, 9.17) is 10.3 Å². The number of nitrogens with one attached hydrogen (secondary N) is 1. The van der Waals surface area contributed by atoms with Gasteiger partial charge in [-0.1, -0.05) is 5.16 Å². The molecule has 0 atom stereocenters. The highest BCUT2D eigenvalue weighted by molar-refractivity contribution is 5.95. The Kier molecular flexibility index (Phi) is 3.04. The Hall–Kier alpha value is -2.37. The van der Waals surface area contributed by atoms with Crippen LogP contribution in [0.1, 0.15) is 16.1 Å². The number of aromatic nitrogens is 1. The molecule has 0 aliphatic heterocycles. The van der Waals surface area contributed by atoms with Crippen LogP contribution in [0.2, 0.25) is 0 Å². The maximum Gasteiger partial charge on any atom is 0.254 e. The van der Waals surface area contributed by atoms with E-state index in [1.807, 2.05) is 0 Å². The van der Waals surface area contributed by atoms with E-state index < -0.39 is 11.7 Å². The standard InChI is InChI=1S/C11H10FN3O2/c12-10-2-1-7(13)5-9(10)11(16)14-6-8-3-4-15-17-8/h1-5H,6,13H2,(H,14,16). The Morgan fingerprint density at radius 1 is 1.47 bits per heavy atom. The molecule has 6 heteroatoms. The lowest BCUT2D eigenvalue weighted by atomic mass is 10.2. The summed E-state index contributed by atoms with van der Waals surface area (Å²) in [7, 11) is 0. The summed E-state index contributed by atoms with van der Waals surface area (Å²) in [5.74, 6) is -0.678. The molecule has 5 nitrogen and oxygen atoms in total. The van der Waals surface area contributed by atoms with Crippen LogP contribution in [-0.2, 0) is 6.54 Å². The minimum absolute atomic E-state index is 0.0930. The van der Waals surface area contributed by atoms with Crippen LogP contribution in [0.15, 0.2) is 35.0 Å². The van der Waals surface area contributed by atoms with E-state index in [2.05, 4.69) is 10.5 Å². The van der Waals surface area contributed by atoms with Crippen molar-refractivity contribution in [2.75, 3.05) is 5.73 Å². The van der Waals surface area contributed by atoms with E-state index in [1.165, 1.54) is 18.3 Å². The molecule has 0 bridgehead atoms. The van der Waals surface area contributed by atoms with Crippen molar-refractivity contribution >= 4 is 11.6 Å². The average Bonchev–Trinajstić information content (AvgIpc) is 2.82. The van der Waals surface area contributed by atoms with Gasteiger partial charge in [-0.3, -0.25) is 4.79 Å². The van der Waals surface area contributed by atoms with Crippen LogP contribution in [-0.4, -0.2) is 11.1 Å². The highest BCUT2D eigenvalue weighted by Gasteiger charge is 2.12. The lowest BCUT2D eigenvalue weighted by molar-refractivity contribution is 0.0943. The Morgan fingerprint density at radius 3 is 3.00 bits per heavy atom. The third-order valence-corrected chi connectivity index (χ3v) is 2.15. The molecule has 0 spiro atoms. The molecule has 1 aromatic heterocycles. The molecule has 0 radical (unpaired) electrons. The van der Waals surface area contributed by atoms with E-state index >= 15 is 0 Å². The first-order valence-corrected chi connectivity index (χ1v) is 4.89. The summed E-state index contributed by atoms with van der Waals surface area (Å²) in [5, 5.41) is 5.99. The molecule has 1 heterocycles. The minimum atomic E-state index is -0.616. The number of anilines is 1. The number of benzene rings is 1. The summed E-state index contributed by atoms with van der Waals surface area (Å²) >= 11 is 0. The molecule has 2 aromatic rings. The van der Waals surface area contributed by atoms with Crippen molar-refractivity contribution in [3.63, 3.8) is 0 Å². The van der Waals surface area contributed by atoms with Gasteiger partial charge in [-0.25, -0.2) is 4.39 Å². The summed E-state index contributed by atoms with van der Waals surface area (Å²) in [6.45, 7) is 0.146. The SMILES string of the molecule is Nc1ccc(F)c(C(=O)NCc2ccno2)c1. The van der Waals surface area contributed by atoms with Crippen LogP contribution in [0.5, 0.6) is 0 Å². The first-order valence-electron chi connectivity index (χ1n) is 4.89. The summed E-state index contributed by atoms with van der Waals surface area (Å²) in [4.78, 5) is 11.6. The van der Waals surface area contributed by atoms with E-state index in [9.17, 15) is 9.18 Å². The quantitative estimate of drug-likeness (QED) is 0.786. The van der Waals surface area contributed by atoms with Crippen molar-refractivity contribution in [3.05, 3.63) is 47.6 Å². The number of hydrogen-bond donors (Lipinski definition) is 2. The van der Waals surface area contributed by atoms with Crippen molar-refractivity contribution in [1.29, 1.82) is 0 Å². The van der Waals surface area contributed by atoms with Crippen molar-refractivity contribution in [2.45, 2.75) is 6.54 Å². The molecule has 0 aliphatic carbocycles. The highest BCUT2D eigenvalue weighted by Crippen LogP contribution is 2.12. The van der Waals surface area contributed by atoms with Crippen molar-refractivity contribution in [3.8, 4) is 0 Å². The molecule has 1 aromatic carbocycles. The number of rotatable bonds is 3. The van der Waals surface area contributed by atoms with Crippen LogP contribution in [0.4, 0.5) is 10.1 Å². The number of amides is 1.